The number of carboxylic acid groups (broad SMARTS) is 1. The van der Waals surface area contributed by atoms with Crippen molar-refractivity contribution < 1.29 is 14.7 Å². The van der Waals surface area contributed by atoms with Gasteiger partial charge in [-0.15, -0.1) is 0 Å². The fourth-order valence-corrected chi connectivity index (χ4v) is 2.73. The zero-order valence-electron chi connectivity index (χ0n) is 12.9. The van der Waals surface area contributed by atoms with Gasteiger partial charge in [0.25, 0.3) is 0 Å². The molecule has 0 aliphatic carbocycles. The van der Waals surface area contributed by atoms with E-state index < -0.39 is 5.97 Å². The molecule has 0 spiro atoms. The summed E-state index contributed by atoms with van der Waals surface area (Å²) in [4.78, 5) is 29.1. The van der Waals surface area contributed by atoms with Gasteiger partial charge in [0.05, 0.1) is 12.2 Å². The quantitative estimate of drug-likeness (QED) is 0.874. The summed E-state index contributed by atoms with van der Waals surface area (Å²) in [5.74, 6) is -0.810. The molecule has 1 aliphatic heterocycles. The standard InChI is InChI=1S/C16H23N3O3/c1-12-5-6-13(17-10-12)11-18-16(22)19-9-3-2-4-14(19)7-8-15(20)21/h5-6,10,14H,2-4,7-9,11H2,1H3,(H,18,22)(H,20,21). The molecule has 0 radical (unpaired) electrons. The molecule has 6 heteroatoms. The van der Waals surface area contributed by atoms with Crippen LogP contribution in [-0.2, 0) is 11.3 Å². The third-order valence-corrected chi connectivity index (χ3v) is 3.97. The average Bonchev–Trinajstić information content (AvgIpc) is 2.52. The lowest BCUT2D eigenvalue weighted by atomic mass is 9.98. The number of carbonyl (C=O) groups is 2. The molecule has 1 aromatic heterocycles. The first-order valence-electron chi connectivity index (χ1n) is 7.74. The predicted molar refractivity (Wildman–Crippen MR) is 82.4 cm³/mol. The van der Waals surface area contributed by atoms with Crippen molar-refractivity contribution >= 4 is 12.0 Å². The molecule has 2 N–H and O–H groups in total. The molecule has 2 rings (SSSR count). The lowest BCUT2D eigenvalue weighted by Crippen LogP contribution is -2.48. The van der Waals surface area contributed by atoms with Crippen LogP contribution in [0.3, 0.4) is 0 Å². The van der Waals surface area contributed by atoms with Gasteiger partial charge in [-0.1, -0.05) is 6.07 Å². The summed E-state index contributed by atoms with van der Waals surface area (Å²) in [6, 6.07) is 3.76. The van der Waals surface area contributed by atoms with Crippen LogP contribution in [-0.4, -0.2) is 39.6 Å². The molecular formula is C16H23N3O3. The molecule has 22 heavy (non-hydrogen) atoms. The number of hydrogen-bond acceptors (Lipinski definition) is 3. The van der Waals surface area contributed by atoms with Gasteiger partial charge in [-0.25, -0.2) is 4.79 Å². The molecule has 1 atom stereocenters. The molecule has 1 aliphatic rings. The summed E-state index contributed by atoms with van der Waals surface area (Å²) in [7, 11) is 0. The Labute approximate surface area is 130 Å². The second-order valence-corrected chi connectivity index (χ2v) is 5.76. The van der Waals surface area contributed by atoms with Crippen molar-refractivity contribution in [3.63, 3.8) is 0 Å². The third-order valence-electron chi connectivity index (χ3n) is 3.97. The van der Waals surface area contributed by atoms with Gasteiger partial charge < -0.3 is 15.3 Å². The highest BCUT2D eigenvalue weighted by molar-refractivity contribution is 5.74. The Hall–Kier alpha value is -2.11. The lowest BCUT2D eigenvalue weighted by molar-refractivity contribution is -0.137. The molecule has 2 heterocycles. The average molecular weight is 305 g/mol. The van der Waals surface area contributed by atoms with Gasteiger partial charge in [-0.2, -0.15) is 0 Å². The van der Waals surface area contributed by atoms with E-state index >= 15 is 0 Å². The van der Waals surface area contributed by atoms with Crippen LogP contribution in [0.1, 0.15) is 43.4 Å². The number of rotatable bonds is 5. The molecule has 120 valence electrons. The molecule has 1 fully saturated rings. The van der Waals surface area contributed by atoms with Crippen LogP contribution in [0.4, 0.5) is 4.79 Å². The van der Waals surface area contributed by atoms with E-state index in [2.05, 4.69) is 10.3 Å². The Bertz CT molecular complexity index is 516. The number of likely N-dealkylation sites (tertiary alicyclic amines) is 1. The second-order valence-electron chi connectivity index (χ2n) is 5.76. The van der Waals surface area contributed by atoms with E-state index in [-0.39, 0.29) is 18.5 Å². The third kappa shape index (κ3) is 4.72. The molecule has 6 nitrogen and oxygen atoms in total. The summed E-state index contributed by atoms with van der Waals surface area (Å²) in [6.07, 6.45) is 5.30. The van der Waals surface area contributed by atoms with E-state index in [1.807, 2.05) is 19.1 Å². The molecule has 1 saturated heterocycles. The number of nitrogens with one attached hydrogen (secondary N) is 1. The monoisotopic (exact) mass is 305 g/mol. The number of pyridine rings is 1. The Balaban J connectivity index is 1.88. The molecule has 2 amide bonds. The van der Waals surface area contributed by atoms with Gasteiger partial charge >= 0.3 is 12.0 Å². The summed E-state index contributed by atoms with van der Waals surface area (Å²) >= 11 is 0. The van der Waals surface area contributed by atoms with Crippen molar-refractivity contribution in [1.29, 1.82) is 0 Å². The summed E-state index contributed by atoms with van der Waals surface area (Å²) in [5, 5.41) is 11.7. The van der Waals surface area contributed by atoms with Gasteiger partial charge in [0.2, 0.25) is 0 Å². The summed E-state index contributed by atoms with van der Waals surface area (Å²) in [5.41, 5.74) is 1.90. The normalized spacial score (nSPS) is 18.0. The molecule has 0 bridgehead atoms. The minimum atomic E-state index is -0.810. The van der Waals surface area contributed by atoms with Crippen LogP contribution < -0.4 is 5.32 Å². The van der Waals surface area contributed by atoms with Crippen molar-refractivity contribution in [2.45, 2.75) is 51.6 Å². The van der Waals surface area contributed by atoms with E-state index in [0.717, 1.165) is 30.5 Å². The molecule has 0 saturated carbocycles. The minimum Gasteiger partial charge on any atom is -0.481 e. The maximum Gasteiger partial charge on any atom is 0.317 e. The Morgan fingerprint density at radius 3 is 2.91 bits per heavy atom. The number of nitrogens with zero attached hydrogens (tertiary/aromatic N) is 2. The first-order chi connectivity index (χ1) is 10.6. The van der Waals surface area contributed by atoms with Crippen LogP contribution in [0, 0.1) is 6.92 Å². The molecule has 1 aromatic rings. The van der Waals surface area contributed by atoms with Crippen LogP contribution in [0.15, 0.2) is 18.3 Å². The van der Waals surface area contributed by atoms with Gasteiger partial charge in [0, 0.05) is 25.2 Å². The van der Waals surface area contributed by atoms with Crippen molar-refractivity contribution in [2.75, 3.05) is 6.54 Å². The number of urea groups is 1. The zero-order chi connectivity index (χ0) is 15.9. The maximum atomic E-state index is 12.3. The van der Waals surface area contributed by atoms with Gasteiger partial charge in [0.15, 0.2) is 0 Å². The Kier molecular flexibility index (Phi) is 5.75. The van der Waals surface area contributed by atoms with Crippen molar-refractivity contribution in [2.24, 2.45) is 0 Å². The van der Waals surface area contributed by atoms with Crippen molar-refractivity contribution in [3.05, 3.63) is 29.6 Å². The molecule has 0 aromatic carbocycles. The van der Waals surface area contributed by atoms with Crippen molar-refractivity contribution in [1.82, 2.24) is 15.2 Å². The van der Waals surface area contributed by atoms with Gasteiger partial charge in [-0.05, 0) is 44.2 Å². The van der Waals surface area contributed by atoms with Crippen molar-refractivity contribution in [3.8, 4) is 0 Å². The van der Waals surface area contributed by atoms with Crippen LogP contribution in [0.25, 0.3) is 0 Å². The highest BCUT2D eigenvalue weighted by Gasteiger charge is 2.26. The number of aryl methyl sites for hydroxylation is 1. The van der Waals surface area contributed by atoms with Gasteiger partial charge in [-0.3, -0.25) is 9.78 Å². The number of aliphatic carboxylic acids is 1. The summed E-state index contributed by atoms with van der Waals surface area (Å²) < 4.78 is 0. The maximum absolute atomic E-state index is 12.3. The molecule has 1 unspecified atom stereocenters. The Morgan fingerprint density at radius 2 is 2.23 bits per heavy atom. The SMILES string of the molecule is Cc1ccc(CNC(=O)N2CCCCC2CCC(=O)O)nc1. The fraction of sp³-hybridized carbons (Fsp3) is 0.562. The first-order valence-corrected chi connectivity index (χ1v) is 7.74. The smallest absolute Gasteiger partial charge is 0.317 e. The van der Waals surface area contributed by atoms with Crippen LogP contribution in [0.2, 0.25) is 0 Å². The number of carboxylic acids is 1. The highest BCUT2D eigenvalue weighted by atomic mass is 16.4. The van der Waals surface area contributed by atoms with E-state index in [4.69, 9.17) is 5.11 Å². The fourth-order valence-electron chi connectivity index (χ4n) is 2.73. The lowest BCUT2D eigenvalue weighted by Gasteiger charge is -2.35. The number of piperidine rings is 1. The van der Waals surface area contributed by atoms with E-state index in [0.29, 0.717) is 19.5 Å². The largest absolute Gasteiger partial charge is 0.481 e. The number of carbonyl (C=O) groups excluding carboxylic acids is 1. The summed E-state index contributed by atoms with van der Waals surface area (Å²) in [6.45, 7) is 3.05. The van der Waals surface area contributed by atoms with Crippen LogP contribution in [0.5, 0.6) is 0 Å². The topological polar surface area (TPSA) is 82.5 Å². The second kappa shape index (κ2) is 7.77. The first kappa shape index (κ1) is 16.3. The van der Waals surface area contributed by atoms with Crippen LogP contribution >= 0.6 is 0 Å². The van der Waals surface area contributed by atoms with E-state index in [9.17, 15) is 9.59 Å². The van der Waals surface area contributed by atoms with E-state index in [1.54, 1.807) is 11.1 Å². The number of amides is 2. The molecular weight excluding hydrogens is 282 g/mol. The number of aromatic nitrogens is 1. The Morgan fingerprint density at radius 1 is 1.41 bits per heavy atom. The highest BCUT2D eigenvalue weighted by Crippen LogP contribution is 2.21. The number of hydrogen-bond donors (Lipinski definition) is 2. The van der Waals surface area contributed by atoms with Gasteiger partial charge in [0.1, 0.15) is 0 Å². The predicted octanol–water partition coefficient (Wildman–Crippen LogP) is 2.32. The van der Waals surface area contributed by atoms with E-state index in [1.165, 1.54) is 0 Å². The zero-order valence-corrected chi connectivity index (χ0v) is 12.9. The minimum absolute atomic E-state index is 0.0239.